The molecule has 0 bridgehead atoms. The average Bonchev–Trinajstić information content (AvgIpc) is 1.62. The summed E-state index contributed by atoms with van der Waals surface area (Å²) >= 11 is -0.160. The molecule has 0 saturated carbocycles. The first-order valence-corrected chi connectivity index (χ1v) is 6.21. The van der Waals surface area contributed by atoms with Gasteiger partial charge in [0.15, 0.2) is 0 Å². The second-order valence-electron chi connectivity index (χ2n) is 3.28. The van der Waals surface area contributed by atoms with Crippen LogP contribution >= 0.6 is 0 Å². The van der Waals surface area contributed by atoms with E-state index in [1.54, 1.807) is 0 Å². The van der Waals surface area contributed by atoms with Gasteiger partial charge in [0.2, 0.25) is 0 Å². The summed E-state index contributed by atoms with van der Waals surface area (Å²) in [7, 11) is 0. The first kappa shape index (κ1) is 9.40. The zero-order chi connectivity index (χ0) is 7.49. The molecule has 9 heavy (non-hydrogen) atoms. The number of alkyl halides is 1. The van der Waals surface area contributed by atoms with E-state index in [4.69, 9.17) is 0 Å². The van der Waals surface area contributed by atoms with E-state index in [-0.39, 0.29) is 26.6 Å². The van der Waals surface area contributed by atoms with E-state index in [1.165, 1.54) is 0 Å². The molecule has 0 heterocycles. The van der Waals surface area contributed by atoms with E-state index >= 15 is 0 Å². The molecular formula is C7H14IO-. The maximum atomic E-state index is 10.9. The van der Waals surface area contributed by atoms with Gasteiger partial charge in [-0.2, -0.15) is 0 Å². The van der Waals surface area contributed by atoms with Crippen molar-refractivity contribution in [1.82, 2.24) is 0 Å². The number of carbonyl (C=O) groups excluding carboxylic acids is 1. The molecule has 2 heteroatoms. The molecule has 0 aliphatic rings. The molecule has 0 aliphatic carbocycles. The van der Waals surface area contributed by atoms with Gasteiger partial charge < -0.3 is 0 Å². The molecule has 0 spiro atoms. The molecule has 0 aromatic rings. The SMILES string of the molecule is C[I-]C(=O)CC(C)(C)C. The van der Waals surface area contributed by atoms with E-state index in [0.29, 0.717) is 3.79 Å². The Morgan fingerprint density at radius 2 is 1.89 bits per heavy atom. The summed E-state index contributed by atoms with van der Waals surface area (Å²) in [4.78, 5) is 12.9. The minimum absolute atomic E-state index is 0.160. The fraction of sp³-hybridized carbons (Fsp3) is 0.857. The standard InChI is InChI=1S/C7H14IO/c1-7(2,3)5-6(9)8-4/h5H2,1-4H3/q-1. The second kappa shape index (κ2) is 3.54. The number of rotatable bonds is 2. The number of halogens is 1. The van der Waals surface area contributed by atoms with E-state index in [0.717, 1.165) is 6.42 Å². The molecule has 0 fully saturated rings. The second-order valence-corrected chi connectivity index (χ2v) is 5.56. The summed E-state index contributed by atoms with van der Waals surface area (Å²) < 4.78 is 0.473. The van der Waals surface area contributed by atoms with Crippen molar-refractivity contribution < 1.29 is 26.0 Å². The van der Waals surface area contributed by atoms with Crippen molar-refractivity contribution in [2.24, 2.45) is 5.41 Å². The van der Waals surface area contributed by atoms with Gasteiger partial charge in [-0.1, -0.05) is 0 Å². The van der Waals surface area contributed by atoms with Gasteiger partial charge in [-0.15, -0.1) is 0 Å². The summed E-state index contributed by atoms with van der Waals surface area (Å²) in [6.45, 7) is 6.30. The van der Waals surface area contributed by atoms with Gasteiger partial charge in [0.1, 0.15) is 0 Å². The Hall–Kier alpha value is 0.400. The van der Waals surface area contributed by atoms with Crippen LogP contribution in [-0.4, -0.2) is 8.72 Å². The Bertz CT molecular complexity index is 102. The molecule has 0 N–H and O–H groups in total. The molecule has 1 nitrogen and oxygen atoms in total. The van der Waals surface area contributed by atoms with Crippen LogP contribution < -0.4 is 21.2 Å². The van der Waals surface area contributed by atoms with Crippen molar-refractivity contribution in [3.63, 3.8) is 0 Å². The predicted molar refractivity (Wildman–Crippen MR) is 35.0 cm³/mol. The van der Waals surface area contributed by atoms with Crippen LogP contribution in [0.5, 0.6) is 0 Å². The van der Waals surface area contributed by atoms with Crippen LogP contribution in [0.3, 0.4) is 0 Å². The molecule has 0 unspecified atom stereocenters. The fourth-order valence-electron chi connectivity index (χ4n) is 0.484. The van der Waals surface area contributed by atoms with Gasteiger partial charge in [-0.3, -0.25) is 0 Å². The molecule has 0 rings (SSSR count). The Morgan fingerprint density at radius 1 is 1.44 bits per heavy atom. The monoisotopic (exact) mass is 241 g/mol. The van der Waals surface area contributed by atoms with Crippen LogP contribution in [0, 0.1) is 5.41 Å². The van der Waals surface area contributed by atoms with Gasteiger partial charge in [0, 0.05) is 0 Å². The van der Waals surface area contributed by atoms with Crippen LogP contribution in [-0.2, 0) is 4.79 Å². The third-order valence-electron chi connectivity index (χ3n) is 0.880. The van der Waals surface area contributed by atoms with Gasteiger partial charge in [0.25, 0.3) is 0 Å². The van der Waals surface area contributed by atoms with Gasteiger partial charge in [0.05, 0.1) is 0 Å². The Morgan fingerprint density at radius 3 is 2.00 bits per heavy atom. The zero-order valence-corrected chi connectivity index (χ0v) is 8.65. The zero-order valence-electron chi connectivity index (χ0n) is 6.49. The van der Waals surface area contributed by atoms with Crippen LogP contribution in [0.25, 0.3) is 0 Å². The van der Waals surface area contributed by atoms with Crippen molar-refractivity contribution in [1.29, 1.82) is 0 Å². The van der Waals surface area contributed by atoms with Crippen LogP contribution in [0.4, 0.5) is 0 Å². The first-order chi connectivity index (χ1) is 3.95. The predicted octanol–water partition coefficient (Wildman–Crippen LogP) is -1.33. The van der Waals surface area contributed by atoms with Crippen LogP contribution in [0.1, 0.15) is 27.2 Å². The molecule has 0 amide bonds. The van der Waals surface area contributed by atoms with E-state index in [2.05, 4.69) is 20.8 Å². The Kier molecular flexibility index (Phi) is 3.70. The van der Waals surface area contributed by atoms with Crippen molar-refractivity contribution in [2.45, 2.75) is 27.2 Å². The van der Waals surface area contributed by atoms with Crippen LogP contribution in [0.15, 0.2) is 0 Å². The fourth-order valence-corrected chi connectivity index (χ4v) is 2.01. The quantitative estimate of drug-likeness (QED) is 0.332. The molecule has 56 valence electrons. The van der Waals surface area contributed by atoms with E-state index in [1.807, 2.05) is 4.93 Å². The average molecular weight is 241 g/mol. The summed E-state index contributed by atoms with van der Waals surface area (Å²) in [5, 5.41) is 0. The molecule has 0 saturated heterocycles. The summed E-state index contributed by atoms with van der Waals surface area (Å²) in [6.07, 6.45) is 0.761. The van der Waals surface area contributed by atoms with Crippen LogP contribution in [0.2, 0.25) is 0 Å². The summed E-state index contributed by atoms with van der Waals surface area (Å²) in [5.74, 6) is 0. The normalized spacial score (nSPS) is 12.0. The van der Waals surface area contributed by atoms with Gasteiger partial charge >= 0.3 is 67.3 Å². The summed E-state index contributed by atoms with van der Waals surface area (Å²) in [6, 6.07) is 0. The van der Waals surface area contributed by atoms with Crippen molar-refractivity contribution in [3.05, 3.63) is 0 Å². The van der Waals surface area contributed by atoms with E-state index in [9.17, 15) is 4.79 Å². The molecule has 0 atom stereocenters. The van der Waals surface area contributed by atoms with E-state index < -0.39 is 0 Å². The van der Waals surface area contributed by atoms with Crippen molar-refractivity contribution in [3.8, 4) is 0 Å². The number of hydrogen-bond acceptors (Lipinski definition) is 1. The van der Waals surface area contributed by atoms with Gasteiger partial charge in [-0.05, 0) is 0 Å². The number of carbonyl (C=O) groups is 1. The summed E-state index contributed by atoms with van der Waals surface area (Å²) in [5.41, 5.74) is 0.201. The number of hydrogen-bond donors (Lipinski definition) is 0. The minimum atomic E-state index is -0.160. The first-order valence-electron chi connectivity index (χ1n) is 2.98. The maximum absolute atomic E-state index is 10.9. The molecule has 0 aromatic heterocycles. The van der Waals surface area contributed by atoms with Gasteiger partial charge in [-0.25, -0.2) is 0 Å². The Balaban J connectivity index is 3.60. The molecular weight excluding hydrogens is 227 g/mol. The molecule has 0 radical (unpaired) electrons. The third-order valence-corrected chi connectivity index (χ3v) is 2.46. The van der Waals surface area contributed by atoms with Crippen molar-refractivity contribution in [2.75, 3.05) is 4.93 Å². The Labute approximate surface area is 67.5 Å². The molecule has 0 aliphatic heterocycles. The molecule has 0 aromatic carbocycles. The third kappa shape index (κ3) is 6.28. The topological polar surface area (TPSA) is 17.1 Å². The van der Waals surface area contributed by atoms with Crippen molar-refractivity contribution >= 4 is 3.79 Å².